The third kappa shape index (κ3) is 4.56. The molecule has 0 saturated carbocycles. The summed E-state index contributed by atoms with van der Waals surface area (Å²) in [5, 5.41) is 33.4. The smallest absolute Gasteiger partial charge is 0.327 e. The average Bonchev–Trinajstić information content (AvgIpc) is 3.09. The van der Waals surface area contributed by atoms with E-state index in [4.69, 9.17) is 5.73 Å². The molecule has 2 heterocycles. The summed E-state index contributed by atoms with van der Waals surface area (Å²) in [6.07, 6.45) is 0. The summed E-state index contributed by atoms with van der Waals surface area (Å²) in [4.78, 5) is 52.0. The summed E-state index contributed by atoms with van der Waals surface area (Å²) in [6, 6.07) is 6.94. The zero-order chi connectivity index (χ0) is 26.4. The maximum atomic E-state index is 13.3. The second-order valence-electron chi connectivity index (χ2n) is 9.19. The predicted molar refractivity (Wildman–Crippen MR) is 130 cm³/mol. The average molecular weight is 515 g/mol. The van der Waals surface area contributed by atoms with E-state index >= 15 is 0 Å². The number of fused-ring (bicyclic) bond motifs is 1. The van der Waals surface area contributed by atoms with Gasteiger partial charge in [0.05, 0.1) is 0 Å². The second kappa shape index (κ2) is 9.36. The lowest BCUT2D eigenvalue weighted by Gasteiger charge is -2.44. The molecular weight excluding hydrogens is 488 g/mol. The van der Waals surface area contributed by atoms with Crippen molar-refractivity contribution in [2.45, 2.75) is 48.1 Å². The Morgan fingerprint density at radius 1 is 0.972 bits per heavy atom. The van der Waals surface area contributed by atoms with E-state index in [9.17, 15) is 34.5 Å². The zero-order valence-electron chi connectivity index (χ0n) is 19.4. The van der Waals surface area contributed by atoms with Crippen LogP contribution in [0, 0.1) is 0 Å². The number of carbonyl (C=O) groups excluding carboxylic acids is 3. The van der Waals surface area contributed by atoms with Crippen molar-refractivity contribution >= 4 is 35.5 Å². The van der Waals surface area contributed by atoms with Crippen molar-refractivity contribution in [1.82, 2.24) is 15.5 Å². The molecule has 2 aliphatic heterocycles. The van der Waals surface area contributed by atoms with Crippen molar-refractivity contribution in [3.63, 3.8) is 0 Å². The number of β-lactam (4-membered cyclic amide) rings is 1. The number of nitrogens with two attached hydrogens (primary N) is 1. The zero-order valence-corrected chi connectivity index (χ0v) is 20.2. The number of nitrogens with zero attached hydrogens (tertiary/aromatic N) is 1. The van der Waals surface area contributed by atoms with Crippen LogP contribution in [0.3, 0.4) is 0 Å². The van der Waals surface area contributed by atoms with E-state index in [1.807, 2.05) is 0 Å². The number of carboxylic acid groups (broad SMARTS) is 1. The Bertz CT molecular complexity index is 1200. The number of phenolic OH excluding ortho intramolecular Hbond substituents is 2. The number of aliphatic carboxylic acids is 1. The van der Waals surface area contributed by atoms with Crippen molar-refractivity contribution in [2.24, 2.45) is 5.73 Å². The van der Waals surface area contributed by atoms with Gasteiger partial charge in [-0.3, -0.25) is 14.4 Å². The highest BCUT2D eigenvalue weighted by atomic mass is 32.2. The van der Waals surface area contributed by atoms with Gasteiger partial charge in [-0.05, 0) is 49.2 Å². The van der Waals surface area contributed by atoms with Crippen molar-refractivity contribution in [3.8, 4) is 11.5 Å². The lowest BCUT2D eigenvalue weighted by molar-refractivity contribution is -0.161. The summed E-state index contributed by atoms with van der Waals surface area (Å²) in [5.74, 6) is -3.05. The maximum Gasteiger partial charge on any atom is 0.327 e. The number of amides is 3. The number of hydrogen-bond donors (Lipinski definition) is 6. The summed E-state index contributed by atoms with van der Waals surface area (Å²) in [6.45, 7) is 3.45. The van der Waals surface area contributed by atoms with Crippen LogP contribution in [-0.4, -0.2) is 66.1 Å². The fourth-order valence-electron chi connectivity index (χ4n) is 4.41. The quantitative estimate of drug-likeness (QED) is 0.288. The molecule has 2 saturated heterocycles. The van der Waals surface area contributed by atoms with E-state index in [1.165, 1.54) is 65.2 Å². The summed E-state index contributed by atoms with van der Waals surface area (Å²) >= 11 is 1.28. The lowest BCUT2D eigenvalue weighted by atomic mass is 9.95. The van der Waals surface area contributed by atoms with Crippen LogP contribution in [0.5, 0.6) is 11.5 Å². The molecule has 190 valence electrons. The van der Waals surface area contributed by atoms with Crippen molar-refractivity contribution in [1.29, 1.82) is 0 Å². The molecule has 12 heteroatoms. The molecule has 0 aliphatic carbocycles. The van der Waals surface area contributed by atoms with Gasteiger partial charge in [-0.1, -0.05) is 24.3 Å². The van der Waals surface area contributed by atoms with Crippen LogP contribution in [0.4, 0.5) is 0 Å². The highest BCUT2D eigenvalue weighted by molar-refractivity contribution is 8.01. The summed E-state index contributed by atoms with van der Waals surface area (Å²) < 4.78 is -0.757. The monoisotopic (exact) mass is 514 g/mol. The second-order valence-corrected chi connectivity index (χ2v) is 11.0. The molecule has 7 N–H and O–H groups in total. The van der Waals surface area contributed by atoms with E-state index in [2.05, 4.69) is 10.6 Å². The molecule has 3 amide bonds. The fraction of sp³-hybridized carbons (Fsp3) is 0.333. The van der Waals surface area contributed by atoms with Crippen molar-refractivity contribution in [3.05, 3.63) is 59.7 Å². The Labute approximate surface area is 210 Å². The summed E-state index contributed by atoms with van der Waals surface area (Å²) in [7, 11) is 0. The minimum atomic E-state index is -1.25. The first-order chi connectivity index (χ1) is 16.9. The first-order valence-corrected chi connectivity index (χ1v) is 12.0. The molecule has 2 aromatic rings. The van der Waals surface area contributed by atoms with Crippen LogP contribution in [0.15, 0.2) is 48.5 Å². The van der Waals surface area contributed by atoms with E-state index in [0.717, 1.165) is 0 Å². The largest absolute Gasteiger partial charge is 0.508 e. The molecule has 0 bridgehead atoms. The number of carboxylic acids is 1. The van der Waals surface area contributed by atoms with E-state index in [1.54, 1.807) is 13.8 Å². The van der Waals surface area contributed by atoms with Crippen LogP contribution in [0.2, 0.25) is 0 Å². The molecular formula is C24H26N4O7S. The fourth-order valence-corrected chi connectivity index (χ4v) is 6.04. The van der Waals surface area contributed by atoms with Crippen LogP contribution in [0.25, 0.3) is 0 Å². The van der Waals surface area contributed by atoms with Crippen LogP contribution in [0.1, 0.15) is 37.1 Å². The van der Waals surface area contributed by atoms with Gasteiger partial charge in [0.2, 0.25) is 17.7 Å². The molecule has 5 atom stereocenters. The van der Waals surface area contributed by atoms with Crippen LogP contribution < -0.4 is 16.4 Å². The number of aromatic hydroxyl groups is 2. The Balaban J connectivity index is 1.54. The number of carbonyl (C=O) groups is 4. The highest BCUT2D eigenvalue weighted by Crippen LogP contribution is 2.50. The van der Waals surface area contributed by atoms with Gasteiger partial charge < -0.3 is 36.6 Å². The highest BCUT2D eigenvalue weighted by Gasteiger charge is 2.64. The predicted octanol–water partition coefficient (Wildman–Crippen LogP) is 0.587. The van der Waals surface area contributed by atoms with E-state index in [-0.39, 0.29) is 11.5 Å². The standard InChI is InChI=1S/C24H26N4O7S/c1-24(2)18(23(34)35)28-21(33)17(22(28)36-24)27-20(32)16(12-5-9-14(30)10-6-12)26-19(31)15(25)11-3-7-13(29)8-4-11/h3-10,15-18,22,29-30H,25H2,1-2H3,(H,26,31)(H,27,32)(H,34,35)/t15-,16+,17-,18-,22+/m1/s1. The molecule has 0 aromatic heterocycles. The Morgan fingerprint density at radius 2 is 1.50 bits per heavy atom. The van der Waals surface area contributed by atoms with Gasteiger partial charge in [-0.2, -0.15) is 0 Å². The first-order valence-electron chi connectivity index (χ1n) is 11.1. The van der Waals surface area contributed by atoms with Gasteiger partial charge >= 0.3 is 5.97 Å². The number of nitrogens with one attached hydrogen (secondary N) is 2. The summed E-state index contributed by atoms with van der Waals surface area (Å²) in [5.41, 5.74) is 6.80. The number of hydrogen-bond acceptors (Lipinski definition) is 8. The molecule has 2 fully saturated rings. The number of thioether (sulfide) groups is 1. The minimum absolute atomic E-state index is 0.00464. The normalized spacial score (nSPS) is 23.7. The molecule has 11 nitrogen and oxygen atoms in total. The first kappa shape index (κ1) is 25.3. The Morgan fingerprint density at radius 3 is 2.03 bits per heavy atom. The Kier molecular flexibility index (Phi) is 6.58. The third-order valence-electron chi connectivity index (χ3n) is 6.28. The molecule has 36 heavy (non-hydrogen) atoms. The molecule has 2 aromatic carbocycles. The SMILES string of the molecule is CC1(C)S[C@H]2[C@H](NC(=O)[C@@H](NC(=O)[C@H](N)c3ccc(O)cc3)c3ccc(O)cc3)C(=O)N2[C@@H]1C(=O)O. The molecule has 0 spiro atoms. The molecule has 0 unspecified atom stereocenters. The van der Waals surface area contributed by atoms with Gasteiger partial charge in [-0.15, -0.1) is 11.8 Å². The third-order valence-corrected chi connectivity index (χ3v) is 7.85. The Hall–Kier alpha value is -3.77. The number of phenols is 2. The van der Waals surface area contributed by atoms with Gasteiger partial charge in [0.25, 0.3) is 0 Å². The number of benzene rings is 2. The lowest BCUT2D eigenvalue weighted by Crippen LogP contribution is -2.71. The van der Waals surface area contributed by atoms with Crippen LogP contribution in [-0.2, 0) is 19.2 Å². The number of rotatable bonds is 7. The van der Waals surface area contributed by atoms with Crippen molar-refractivity contribution < 1.29 is 34.5 Å². The maximum absolute atomic E-state index is 13.3. The van der Waals surface area contributed by atoms with E-state index in [0.29, 0.717) is 11.1 Å². The molecule has 4 rings (SSSR count). The topological polar surface area (TPSA) is 182 Å². The van der Waals surface area contributed by atoms with Crippen molar-refractivity contribution in [2.75, 3.05) is 0 Å². The minimum Gasteiger partial charge on any atom is -0.508 e. The van der Waals surface area contributed by atoms with E-state index < -0.39 is 58.0 Å². The van der Waals surface area contributed by atoms with Gasteiger partial charge in [0, 0.05) is 4.75 Å². The van der Waals surface area contributed by atoms with Gasteiger partial charge in [0.1, 0.15) is 41.0 Å². The van der Waals surface area contributed by atoms with Gasteiger partial charge in [-0.25, -0.2) is 4.79 Å². The molecule has 0 radical (unpaired) electrons. The molecule has 2 aliphatic rings. The van der Waals surface area contributed by atoms with Gasteiger partial charge in [0.15, 0.2) is 0 Å². The van der Waals surface area contributed by atoms with Crippen LogP contribution >= 0.6 is 11.8 Å².